The van der Waals surface area contributed by atoms with Gasteiger partial charge in [-0.15, -0.1) is 0 Å². The molecule has 0 saturated carbocycles. The topological polar surface area (TPSA) is 79.6 Å². The molecule has 1 aliphatic rings. The first-order chi connectivity index (χ1) is 13.1. The van der Waals surface area contributed by atoms with Crippen molar-refractivity contribution in [2.45, 2.75) is 19.4 Å². The van der Waals surface area contributed by atoms with Crippen molar-refractivity contribution in [3.63, 3.8) is 0 Å². The Hall–Kier alpha value is -3.41. The molecule has 0 radical (unpaired) electrons. The third-order valence-electron chi connectivity index (χ3n) is 4.85. The van der Waals surface area contributed by atoms with Gasteiger partial charge in [-0.25, -0.2) is 0 Å². The number of para-hydroxylation sites is 1. The third-order valence-corrected chi connectivity index (χ3v) is 4.85. The van der Waals surface area contributed by atoms with E-state index in [4.69, 9.17) is 4.42 Å². The molecule has 0 saturated heterocycles. The zero-order valence-electron chi connectivity index (χ0n) is 14.8. The van der Waals surface area contributed by atoms with Crippen molar-refractivity contribution >= 4 is 28.7 Å². The molecule has 0 bridgehead atoms. The van der Waals surface area contributed by atoms with Crippen molar-refractivity contribution in [3.8, 4) is 0 Å². The zero-order chi connectivity index (χ0) is 19.0. The SMILES string of the molecule is CC(C(=O)NCCc1coc2ccccc12)N1C(=O)c2ccccc2C1=O. The van der Waals surface area contributed by atoms with Gasteiger partial charge in [-0.3, -0.25) is 19.3 Å². The lowest BCUT2D eigenvalue weighted by atomic mass is 10.1. The maximum Gasteiger partial charge on any atom is 0.262 e. The van der Waals surface area contributed by atoms with Crippen molar-refractivity contribution in [1.29, 1.82) is 0 Å². The minimum absolute atomic E-state index is 0.340. The Balaban J connectivity index is 1.40. The molecule has 0 aliphatic carbocycles. The van der Waals surface area contributed by atoms with E-state index in [9.17, 15) is 14.4 Å². The molecule has 27 heavy (non-hydrogen) atoms. The van der Waals surface area contributed by atoms with Crippen molar-refractivity contribution in [1.82, 2.24) is 10.2 Å². The van der Waals surface area contributed by atoms with Gasteiger partial charge in [0.05, 0.1) is 17.4 Å². The summed E-state index contributed by atoms with van der Waals surface area (Å²) in [6.07, 6.45) is 2.28. The first kappa shape index (κ1) is 17.0. The number of nitrogens with one attached hydrogen (secondary N) is 1. The van der Waals surface area contributed by atoms with Gasteiger partial charge in [-0.05, 0) is 37.1 Å². The van der Waals surface area contributed by atoms with E-state index < -0.39 is 17.9 Å². The van der Waals surface area contributed by atoms with Crippen LogP contribution in [0.5, 0.6) is 0 Å². The van der Waals surface area contributed by atoms with Crippen LogP contribution in [0.2, 0.25) is 0 Å². The van der Waals surface area contributed by atoms with E-state index in [-0.39, 0.29) is 5.91 Å². The van der Waals surface area contributed by atoms with Gasteiger partial charge in [-0.1, -0.05) is 30.3 Å². The molecule has 3 aromatic rings. The van der Waals surface area contributed by atoms with E-state index in [2.05, 4.69) is 5.32 Å². The summed E-state index contributed by atoms with van der Waals surface area (Å²) in [4.78, 5) is 38.5. The summed E-state index contributed by atoms with van der Waals surface area (Å²) in [6.45, 7) is 1.94. The predicted molar refractivity (Wildman–Crippen MR) is 99.3 cm³/mol. The van der Waals surface area contributed by atoms with E-state index in [1.54, 1.807) is 37.5 Å². The van der Waals surface area contributed by atoms with Crippen LogP contribution in [0.1, 0.15) is 33.2 Å². The normalized spacial score (nSPS) is 14.5. The number of amides is 3. The molecule has 6 heteroatoms. The summed E-state index contributed by atoms with van der Waals surface area (Å²) in [5.41, 5.74) is 2.48. The van der Waals surface area contributed by atoms with E-state index in [1.165, 1.54) is 0 Å². The first-order valence-electron chi connectivity index (χ1n) is 8.77. The summed E-state index contributed by atoms with van der Waals surface area (Å²) < 4.78 is 5.49. The average molecular weight is 362 g/mol. The standard InChI is InChI=1S/C21H18N2O4/c1-13(23-20(25)16-7-2-3-8-17(16)21(23)26)19(24)22-11-10-14-12-27-18-9-5-4-6-15(14)18/h2-9,12-13H,10-11H2,1H3,(H,22,24). The van der Waals surface area contributed by atoms with Gasteiger partial charge in [0.15, 0.2) is 0 Å². The number of imide groups is 1. The number of benzene rings is 2. The Morgan fingerprint density at radius 3 is 2.37 bits per heavy atom. The molecular weight excluding hydrogens is 344 g/mol. The Kier molecular flexibility index (Phi) is 4.24. The molecule has 3 amide bonds. The fourth-order valence-corrected chi connectivity index (χ4v) is 3.37. The lowest BCUT2D eigenvalue weighted by molar-refractivity contribution is -0.124. The molecule has 0 spiro atoms. The van der Waals surface area contributed by atoms with Crippen LogP contribution in [0.3, 0.4) is 0 Å². The molecule has 1 aromatic heterocycles. The molecule has 1 atom stereocenters. The molecule has 1 unspecified atom stereocenters. The van der Waals surface area contributed by atoms with E-state index in [1.807, 2.05) is 24.3 Å². The molecule has 2 heterocycles. The van der Waals surface area contributed by atoms with Crippen LogP contribution in [-0.2, 0) is 11.2 Å². The van der Waals surface area contributed by atoms with E-state index in [0.29, 0.717) is 24.1 Å². The van der Waals surface area contributed by atoms with Gasteiger partial charge < -0.3 is 9.73 Å². The van der Waals surface area contributed by atoms with Gasteiger partial charge >= 0.3 is 0 Å². The lowest BCUT2D eigenvalue weighted by Crippen LogP contribution is -2.48. The van der Waals surface area contributed by atoms with Crippen LogP contribution in [0, 0.1) is 0 Å². The minimum atomic E-state index is -0.876. The van der Waals surface area contributed by atoms with Gasteiger partial charge in [0, 0.05) is 11.9 Å². The number of nitrogens with zero attached hydrogens (tertiary/aromatic N) is 1. The smallest absolute Gasteiger partial charge is 0.262 e. The Labute approximate surface area is 155 Å². The largest absolute Gasteiger partial charge is 0.464 e. The Morgan fingerprint density at radius 2 is 1.67 bits per heavy atom. The quantitative estimate of drug-likeness (QED) is 0.708. The summed E-state index contributed by atoms with van der Waals surface area (Å²) in [5, 5.41) is 3.82. The van der Waals surface area contributed by atoms with E-state index >= 15 is 0 Å². The minimum Gasteiger partial charge on any atom is -0.464 e. The van der Waals surface area contributed by atoms with Crippen LogP contribution >= 0.6 is 0 Å². The summed E-state index contributed by atoms with van der Waals surface area (Å²) in [5.74, 6) is -1.23. The van der Waals surface area contributed by atoms with Crippen LogP contribution in [0.15, 0.2) is 59.2 Å². The van der Waals surface area contributed by atoms with Gasteiger partial charge in [0.1, 0.15) is 11.6 Å². The number of fused-ring (bicyclic) bond motifs is 2. The van der Waals surface area contributed by atoms with Crippen LogP contribution in [0.25, 0.3) is 11.0 Å². The Bertz CT molecular complexity index is 1020. The molecule has 1 N–H and O–H groups in total. The van der Waals surface area contributed by atoms with Crippen LogP contribution < -0.4 is 5.32 Å². The van der Waals surface area contributed by atoms with Gasteiger partial charge in [0.2, 0.25) is 5.91 Å². The number of carbonyl (C=O) groups is 3. The van der Waals surface area contributed by atoms with E-state index in [0.717, 1.165) is 21.4 Å². The highest BCUT2D eigenvalue weighted by atomic mass is 16.3. The first-order valence-corrected chi connectivity index (χ1v) is 8.77. The highest BCUT2D eigenvalue weighted by Crippen LogP contribution is 2.24. The maximum atomic E-state index is 12.5. The second-order valence-electron chi connectivity index (χ2n) is 6.50. The highest BCUT2D eigenvalue weighted by molar-refractivity contribution is 6.22. The molecule has 2 aromatic carbocycles. The monoisotopic (exact) mass is 362 g/mol. The van der Waals surface area contributed by atoms with Crippen molar-refractivity contribution in [3.05, 3.63) is 71.5 Å². The van der Waals surface area contributed by atoms with Crippen molar-refractivity contribution in [2.75, 3.05) is 6.54 Å². The van der Waals surface area contributed by atoms with Crippen molar-refractivity contribution in [2.24, 2.45) is 0 Å². The molecule has 136 valence electrons. The summed E-state index contributed by atoms with van der Waals surface area (Å²) >= 11 is 0. The second-order valence-corrected chi connectivity index (χ2v) is 6.50. The second kappa shape index (κ2) is 6.72. The molecular formula is C21H18N2O4. The Morgan fingerprint density at radius 1 is 1.04 bits per heavy atom. The molecule has 1 aliphatic heterocycles. The van der Waals surface area contributed by atoms with Crippen LogP contribution in [0.4, 0.5) is 0 Å². The number of carbonyl (C=O) groups excluding carboxylic acids is 3. The molecule has 6 nitrogen and oxygen atoms in total. The van der Waals surface area contributed by atoms with Crippen molar-refractivity contribution < 1.29 is 18.8 Å². The highest BCUT2D eigenvalue weighted by Gasteiger charge is 2.40. The van der Waals surface area contributed by atoms with Crippen LogP contribution in [-0.4, -0.2) is 35.2 Å². The average Bonchev–Trinajstić information content (AvgIpc) is 3.21. The predicted octanol–water partition coefficient (Wildman–Crippen LogP) is 2.78. The van der Waals surface area contributed by atoms with Gasteiger partial charge in [-0.2, -0.15) is 0 Å². The zero-order valence-corrected chi connectivity index (χ0v) is 14.8. The summed E-state index contributed by atoms with van der Waals surface area (Å²) in [7, 11) is 0. The number of rotatable bonds is 5. The number of hydrogen-bond acceptors (Lipinski definition) is 4. The fourth-order valence-electron chi connectivity index (χ4n) is 3.37. The third kappa shape index (κ3) is 2.89. The summed E-state index contributed by atoms with van der Waals surface area (Å²) in [6, 6.07) is 13.4. The molecule has 0 fully saturated rings. The van der Waals surface area contributed by atoms with Gasteiger partial charge in [0.25, 0.3) is 11.8 Å². The molecule has 4 rings (SSSR count). The maximum absolute atomic E-state index is 12.5. The fraction of sp³-hybridized carbons (Fsp3) is 0.190. The lowest BCUT2D eigenvalue weighted by Gasteiger charge is -2.21. The number of hydrogen-bond donors (Lipinski definition) is 1. The number of furan rings is 1.